The van der Waals surface area contributed by atoms with E-state index in [2.05, 4.69) is 0 Å². The Morgan fingerprint density at radius 2 is 1.80 bits per heavy atom. The van der Waals surface area contributed by atoms with Gasteiger partial charge in [-0.25, -0.2) is 9.18 Å². The van der Waals surface area contributed by atoms with Gasteiger partial charge in [0.05, 0.1) is 6.10 Å². The van der Waals surface area contributed by atoms with Crippen LogP contribution in [-0.4, -0.2) is 47.2 Å². The summed E-state index contributed by atoms with van der Waals surface area (Å²) in [7, 11) is 0. The molecule has 136 valence electrons. The minimum atomic E-state index is -0.879. The number of amides is 1. The molecule has 0 spiro atoms. The maximum Gasteiger partial charge on any atom is 0.332 e. The first-order valence-corrected chi connectivity index (χ1v) is 8.93. The van der Waals surface area contributed by atoms with E-state index in [0.29, 0.717) is 38.3 Å². The van der Waals surface area contributed by atoms with E-state index in [0.717, 1.165) is 24.8 Å². The number of hydrogen-bond donors (Lipinski definition) is 1. The van der Waals surface area contributed by atoms with E-state index in [9.17, 15) is 14.0 Å². The first-order valence-electron chi connectivity index (χ1n) is 8.93. The van der Waals surface area contributed by atoms with Crippen molar-refractivity contribution in [2.45, 2.75) is 50.7 Å². The van der Waals surface area contributed by atoms with Crippen LogP contribution in [0.1, 0.15) is 37.7 Å². The first kappa shape index (κ1) is 17.9. The molecule has 0 aliphatic carbocycles. The molecule has 3 rings (SSSR count). The lowest BCUT2D eigenvalue weighted by Gasteiger charge is -2.34. The highest BCUT2D eigenvalue weighted by molar-refractivity contribution is 5.76. The Morgan fingerprint density at radius 1 is 1.12 bits per heavy atom. The normalized spacial score (nSPS) is 24.4. The fourth-order valence-corrected chi connectivity index (χ4v) is 3.77. The van der Waals surface area contributed by atoms with Crippen LogP contribution in [0.25, 0.3) is 0 Å². The summed E-state index contributed by atoms with van der Waals surface area (Å²) >= 11 is 0. The molecule has 2 saturated heterocycles. The third-order valence-electron chi connectivity index (χ3n) is 5.29. The average Bonchev–Trinajstić information content (AvgIpc) is 3.11. The molecule has 2 atom stereocenters. The van der Waals surface area contributed by atoms with Gasteiger partial charge in [0.1, 0.15) is 5.82 Å². The lowest BCUT2D eigenvalue weighted by molar-refractivity contribution is -0.151. The average molecular weight is 349 g/mol. The number of nitrogens with zero attached hydrogens (tertiary/aromatic N) is 1. The van der Waals surface area contributed by atoms with Crippen LogP contribution in [0.15, 0.2) is 24.3 Å². The number of carboxylic acid groups (broad SMARTS) is 1. The molecule has 1 N–H and O–H groups in total. The van der Waals surface area contributed by atoms with Gasteiger partial charge in [-0.1, -0.05) is 12.1 Å². The van der Waals surface area contributed by atoms with Crippen molar-refractivity contribution in [2.24, 2.45) is 5.92 Å². The fraction of sp³-hybridized carbons (Fsp3) is 0.579. The zero-order valence-corrected chi connectivity index (χ0v) is 14.2. The van der Waals surface area contributed by atoms with Gasteiger partial charge >= 0.3 is 5.97 Å². The second-order valence-corrected chi connectivity index (χ2v) is 6.92. The summed E-state index contributed by atoms with van der Waals surface area (Å²) in [5, 5.41) is 9.01. The molecule has 2 aliphatic heterocycles. The molecule has 1 aromatic carbocycles. The maximum atomic E-state index is 12.9. The van der Waals surface area contributed by atoms with Gasteiger partial charge in [-0.15, -0.1) is 0 Å². The molecule has 0 saturated carbocycles. The molecule has 1 amide bonds. The molecule has 0 radical (unpaired) electrons. The van der Waals surface area contributed by atoms with Crippen LogP contribution in [0, 0.1) is 11.7 Å². The number of piperidine rings is 1. The van der Waals surface area contributed by atoms with Crippen molar-refractivity contribution in [2.75, 3.05) is 13.1 Å². The largest absolute Gasteiger partial charge is 0.479 e. The minimum Gasteiger partial charge on any atom is -0.479 e. The van der Waals surface area contributed by atoms with Crippen molar-refractivity contribution in [1.82, 2.24) is 4.90 Å². The van der Waals surface area contributed by atoms with Crippen molar-refractivity contribution in [1.29, 1.82) is 0 Å². The smallest absolute Gasteiger partial charge is 0.332 e. The number of hydrogen-bond acceptors (Lipinski definition) is 3. The maximum absolute atomic E-state index is 12.9. The lowest BCUT2D eigenvalue weighted by atomic mass is 9.89. The van der Waals surface area contributed by atoms with Gasteiger partial charge < -0.3 is 14.7 Å². The van der Waals surface area contributed by atoms with E-state index in [1.54, 1.807) is 12.1 Å². The Labute approximate surface area is 146 Å². The van der Waals surface area contributed by atoms with E-state index >= 15 is 0 Å². The van der Waals surface area contributed by atoms with Gasteiger partial charge in [-0.05, 0) is 55.7 Å². The highest BCUT2D eigenvalue weighted by Crippen LogP contribution is 2.32. The van der Waals surface area contributed by atoms with Gasteiger partial charge in [0.25, 0.3) is 0 Å². The highest BCUT2D eigenvalue weighted by Gasteiger charge is 2.37. The Bertz CT molecular complexity index is 610. The highest BCUT2D eigenvalue weighted by atomic mass is 19.1. The van der Waals surface area contributed by atoms with Crippen molar-refractivity contribution in [3.05, 3.63) is 35.6 Å². The standard InChI is InChI=1S/C19H24FNO4/c20-15-4-1-13(2-5-15)3-8-18(22)21-11-9-14(10-12-21)16-6-7-17(25-16)19(23)24/h1-2,4-5,14,16-17H,3,6-12H2,(H,23,24)/t16-,17+/m0/s1. The number of aryl methyl sites for hydroxylation is 1. The second-order valence-electron chi connectivity index (χ2n) is 6.92. The number of carbonyl (C=O) groups is 2. The van der Waals surface area contributed by atoms with Gasteiger partial charge in [0.15, 0.2) is 6.10 Å². The molecule has 6 heteroatoms. The molecule has 2 aliphatic rings. The summed E-state index contributed by atoms with van der Waals surface area (Å²) in [6.45, 7) is 1.40. The quantitative estimate of drug-likeness (QED) is 0.887. The summed E-state index contributed by atoms with van der Waals surface area (Å²) < 4.78 is 18.5. The molecular weight excluding hydrogens is 325 g/mol. The Morgan fingerprint density at radius 3 is 2.40 bits per heavy atom. The minimum absolute atomic E-state index is 0.0116. The third-order valence-corrected chi connectivity index (χ3v) is 5.29. The Balaban J connectivity index is 1.42. The monoisotopic (exact) mass is 349 g/mol. The van der Waals surface area contributed by atoms with Crippen LogP contribution in [0.5, 0.6) is 0 Å². The van der Waals surface area contributed by atoms with Crippen LogP contribution in [0.3, 0.4) is 0 Å². The summed E-state index contributed by atoms with van der Waals surface area (Å²) in [4.78, 5) is 25.2. The fourth-order valence-electron chi connectivity index (χ4n) is 3.77. The van der Waals surface area contributed by atoms with Crippen LogP contribution < -0.4 is 0 Å². The van der Waals surface area contributed by atoms with Crippen molar-refractivity contribution >= 4 is 11.9 Å². The van der Waals surface area contributed by atoms with Gasteiger partial charge in [-0.2, -0.15) is 0 Å². The second kappa shape index (κ2) is 7.95. The molecule has 0 bridgehead atoms. The van der Waals surface area contributed by atoms with Gasteiger partial charge in [-0.3, -0.25) is 4.79 Å². The SMILES string of the molecule is O=C(O)[C@H]1CC[C@@H](C2CCN(C(=O)CCc3ccc(F)cc3)CC2)O1. The van der Waals surface area contributed by atoms with E-state index < -0.39 is 12.1 Å². The molecule has 2 heterocycles. The summed E-state index contributed by atoms with van der Waals surface area (Å²) in [5.41, 5.74) is 0.962. The van der Waals surface area contributed by atoms with Crippen molar-refractivity contribution < 1.29 is 23.8 Å². The molecule has 1 aromatic rings. The van der Waals surface area contributed by atoms with Crippen molar-refractivity contribution in [3.8, 4) is 0 Å². The van der Waals surface area contributed by atoms with Crippen LogP contribution in [0.4, 0.5) is 4.39 Å². The van der Waals surface area contributed by atoms with E-state index in [4.69, 9.17) is 9.84 Å². The summed E-state index contributed by atoms with van der Waals surface area (Å²) in [6, 6.07) is 6.25. The summed E-state index contributed by atoms with van der Waals surface area (Å²) in [6.07, 6.45) is 3.48. The Kier molecular flexibility index (Phi) is 5.68. The van der Waals surface area contributed by atoms with Crippen LogP contribution in [-0.2, 0) is 20.7 Å². The van der Waals surface area contributed by atoms with E-state index in [-0.39, 0.29) is 17.8 Å². The number of carbonyl (C=O) groups excluding carboxylic acids is 1. The predicted octanol–water partition coefficient (Wildman–Crippen LogP) is 2.63. The molecule has 0 aromatic heterocycles. The zero-order chi connectivity index (χ0) is 17.8. The zero-order valence-electron chi connectivity index (χ0n) is 14.2. The number of benzene rings is 1. The number of rotatable bonds is 5. The van der Waals surface area contributed by atoms with Crippen LogP contribution >= 0.6 is 0 Å². The van der Waals surface area contributed by atoms with E-state index in [1.807, 2.05) is 4.90 Å². The molecule has 0 unspecified atom stereocenters. The lowest BCUT2D eigenvalue weighted by Crippen LogP contribution is -2.41. The molecular formula is C19H24FNO4. The number of aliphatic carboxylic acids is 1. The topological polar surface area (TPSA) is 66.8 Å². The molecule has 25 heavy (non-hydrogen) atoms. The third kappa shape index (κ3) is 4.57. The van der Waals surface area contributed by atoms with Crippen molar-refractivity contribution in [3.63, 3.8) is 0 Å². The molecule has 2 fully saturated rings. The summed E-state index contributed by atoms with van der Waals surface area (Å²) in [5.74, 6) is -0.684. The first-order chi connectivity index (χ1) is 12.0. The molecule has 5 nitrogen and oxygen atoms in total. The number of halogens is 1. The number of ether oxygens (including phenoxy) is 1. The Hall–Kier alpha value is -1.95. The van der Waals surface area contributed by atoms with E-state index in [1.165, 1.54) is 12.1 Å². The van der Waals surface area contributed by atoms with Gasteiger partial charge in [0.2, 0.25) is 5.91 Å². The van der Waals surface area contributed by atoms with Crippen LogP contribution in [0.2, 0.25) is 0 Å². The number of carboxylic acids is 1. The number of likely N-dealkylation sites (tertiary alicyclic amines) is 1. The predicted molar refractivity (Wildman–Crippen MR) is 89.6 cm³/mol. The van der Waals surface area contributed by atoms with Gasteiger partial charge in [0, 0.05) is 19.5 Å².